The zero-order valence-electron chi connectivity index (χ0n) is 14.1. The fraction of sp³-hybridized carbons (Fsp3) is 0.333. The molecule has 130 valence electrons. The summed E-state index contributed by atoms with van der Waals surface area (Å²) < 4.78 is 0. The van der Waals surface area contributed by atoms with E-state index in [1.807, 2.05) is 0 Å². The zero-order chi connectivity index (χ0) is 17.8. The third kappa shape index (κ3) is 3.76. The van der Waals surface area contributed by atoms with Crippen molar-refractivity contribution in [3.63, 3.8) is 0 Å². The smallest absolute Gasteiger partial charge is 0.249 e. The van der Waals surface area contributed by atoms with E-state index in [9.17, 15) is 9.59 Å². The molecule has 2 amide bonds. The maximum absolute atomic E-state index is 12.6. The van der Waals surface area contributed by atoms with E-state index in [1.54, 1.807) is 43.6 Å². The second-order valence-electron chi connectivity index (χ2n) is 6.14. The first-order chi connectivity index (χ1) is 12.1. The summed E-state index contributed by atoms with van der Waals surface area (Å²) in [7, 11) is 0. The molecule has 7 heteroatoms. The summed E-state index contributed by atoms with van der Waals surface area (Å²) in [6.07, 6.45) is 4.91. The summed E-state index contributed by atoms with van der Waals surface area (Å²) in [5.41, 5.74) is 7.11. The number of aromatic nitrogens is 2. The highest BCUT2D eigenvalue weighted by Gasteiger charge is 2.26. The van der Waals surface area contributed by atoms with E-state index in [4.69, 9.17) is 5.73 Å². The molecule has 2 heterocycles. The number of benzene rings is 1. The number of nitrogens with zero attached hydrogens (tertiary/aromatic N) is 3. The van der Waals surface area contributed by atoms with E-state index in [2.05, 4.69) is 20.2 Å². The topological polar surface area (TPSA) is 101 Å². The number of anilines is 2. The van der Waals surface area contributed by atoms with Gasteiger partial charge in [-0.2, -0.15) is 0 Å². The zero-order valence-corrected chi connectivity index (χ0v) is 14.1. The Hall–Kier alpha value is -2.96. The van der Waals surface area contributed by atoms with Crippen molar-refractivity contribution >= 4 is 23.5 Å². The normalized spacial score (nSPS) is 15.0. The quantitative estimate of drug-likeness (QED) is 0.883. The molecule has 0 spiro atoms. The first-order valence-corrected chi connectivity index (χ1v) is 8.28. The summed E-state index contributed by atoms with van der Waals surface area (Å²) >= 11 is 0. The van der Waals surface area contributed by atoms with Crippen molar-refractivity contribution in [1.29, 1.82) is 0 Å². The van der Waals surface area contributed by atoms with Crippen LogP contribution in [0, 0.1) is 12.8 Å². The van der Waals surface area contributed by atoms with Crippen LogP contribution in [-0.2, 0) is 4.79 Å². The molecular weight excluding hydrogens is 318 g/mol. The average molecular weight is 339 g/mol. The predicted molar refractivity (Wildman–Crippen MR) is 95.3 cm³/mol. The van der Waals surface area contributed by atoms with Crippen LogP contribution in [0.3, 0.4) is 0 Å². The molecule has 1 aromatic carbocycles. The van der Waals surface area contributed by atoms with Gasteiger partial charge < -0.3 is 16.0 Å². The SMILES string of the molecule is Cc1c(NC(=O)C2CCN(c3ncccn3)CC2)cccc1C(N)=O. The maximum Gasteiger partial charge on any atom is 0.249 e. The molecule has 0 saturated carbocycles. The maximum atomic E-state index is 12.6. The van der Waals surface area contributed by atoms with Crippen LogP contribution in [0.4, 0.5) is 11.6 Å². The monoisotopic (exact) mass is 339 g/mol. The van der Waals surface area contributed by atoms with Crippen LogP contribution in [0.25, 0.3) is 0 Å². The van der Waals surface area contributed by atoms with Crippen molar-refractivity contribution in [3.8, 4) is 0 Å². The number of primary amides is 1. The number of amides is 2. The largest absolute Gasteiger partial charge is 0.366 e. The number of nitrogens with two attached hydrogens (primary N) is 1. The molecule has 1 aromatic heterocycles. The van der Waals surface area contributed by atoms with Gasteiger partial charge in [-0.15, -0.1) is 0 Å². The standard InChI is InChI=1S/C18H21N5O2/c1-12-14(16(19)24)4-2-5-15(12)22-17(25)13-6-10-23(11-7-13)18-20-8-3-9-21-18/h2-5,8-9,13H,6-7,10-11H2,1H3,(H2,19,24)(H,22,25). The van der Waals surface area contributed by atoms with Crippen LogP contribution in [0.5, 0.6) is 0 Å². The molecule has 0 atom stereocenters. The number of hydrogen-bond acceptors (Lipinski definition) is 5. The highest BCUT2D eigenvalue weighted by molar-refractivity contribution is 5.99. The lowest BCUT2D eigenvalue weighted by molar-refractivity contribution is -0.120. The third-order valence-corrected chi connectivity index (χ3v) is 4.56. The Labute approximate surface area is 146 Å². The summed E-state index contributed by atoms with van der Waals surface area (Å²) in [6.45, 7) is 3.26. The van der Waals surface area contributed by atoms with Gasteiger partial charge in [0, 0.05) is 42.7 Å². The molecule has 0 aliphatic carbocycles. The molecule has 1 aliphatic heterocycles. The number of nitrogens with one attached hydrogen (secondary N) is 1. The van der Waals surface area contributed by atoms with Crippen LogP contribution < -0.4 is 16.0 Å². The third-order valence-electron chi connectivity index (χ3n) is 4.56. The Morgan fingerprint density at radius 3 is 2.48 bits per heavy atom. The average Bonchev–Trinajstić information content (AvgIpc) is 2.64. The molecule has 3 N–H and O–H groups in total. The summed E-state index contributed by atoms with van der Waals surface area (Å²) in [4.78, 5) is 34.6. The molecule has 0 radical (unpaired) electrons. The van der Waals surface area contributed by atoms with Crippen molar-refractivity contribution in [2.75, 3.05) is 23.3 Å². The predicted octanol–water partition coefficient (Wildman–Crippen LogP) is 1.74. The van der Waals surface area contributed by atoms with Crippen LogP contribution in [-0.4, -0.2) is 34.9 Å². The Morgan fingerprint density at radius 2 is 1.84 bits per heavy atom. The molecule has 1 fully saturated rings. The van der Waals surface area contributed by atoms with Crippen molar-refractivity contribution in [2.45, 2.75) is 19.8 Å². The molecule has 1 saturated heterocycles. The van der Waals surface area contributed by atoms with Crippen molar-refractivity contribution in [1.82, 2.24) is 9.97 Å². The van der Waals surface area contributed by atoms with Crippen molar-refractivity contribution < 1.29 is 9.59 Å². The van der Waals surface area contributed by atoms with Gasteiger partial charge in [0.05, 0.1) is 0 Å². The molecule has 1 aliphatic rings. The Kier molecular flexibility index (Phi) is 4.92. The lowest BCUT2D eigenvalue weighted by Crippen LogP contribution is -2.39. The van der Waals surface area contributed by atoms with Crippen LogP contribution >= 0.6 is 0 Å². The Balaban J connectivity index is 1.62. The minimum absolute atomic E-state index is 0.0293. The minimum atomic E-state index is -0.496. The number of carbonyl (C=O) groups is 2. The number of hydrogen-bond donors (Lipinski definition) is 2. The van der Waals surface area contributed by atoms with Gasteiger partial charge in [-0.1, -0.05) is 6.07 Å². The van der Waals surface area contributed by atoms with Crippen molar-refractivity contribution in [2.24, 2.45) is 11.7 Å². The van der Waals surface area contributed by atoms with Gasteiger partial charge in [-0.25, -0.2) is 9.97 Å². The summed E-state index contributed by atoms with van der Waals surface area (Å²) in [5, 5.41) is 2.93. The molecule has 2 aromatic rings. The molecule has 0 unspecified atom stereocenters. The lowest BCUT2D eigenvalue weighted by atomic mass is 9.95. The van der Waals surface area contributed by atoms with E-state index >= 15 is 0 Å². The van der Waals surface area contributed by atoms with Gasteiger partial charge in [-0.05, 0) is 43.5 Å². The number of piperidine rings is 1. The molecule has 25 heavy (non-hydrogen) atoms. The number of carbonyl (C=O) groups excluding carboxylic acids is 2. The fourth-order valence-electron chi connectivity index (χ4n) is 3.07. The fourth-order valence-corrected chi connectivity index (χ4v) is 3.07. The second kappa shape index (κ2) is 7.29. The summed E-state index contributed by atoms with van der Waals surface area (Å²) in [6, 6.07) is 6.95. The van der Waals surface area contributed by atoms with E-state index in [0.29, 0.717) is 22.8 Å². The van der Waals surface area contributed by atoms with Gasteiger partial charge >= 0.3 is 0 Å². The second-order valence-corrected chi connectivity index (χ2v) is 6.14. The van der Waals surface area contributed by atoms with E-state index in [0.717, 1.165) is 25.9 Å². The summed E-state index contributed by atoms with van der Waals surface area (Å²) in [5.74, 6) is 0.103. The van der Waals surface area contributed by atoms with Crippen LogP contribution in [0.1, 0.15) is 28.8 Å². The molecule has 7 nitrogen and oxygen atoms in total. The van der Waals surface area contributed by atoms with Gasteiger partial charge in [-0.3, -0.25) is 9.59 Å². The molecule has 0 bridgehead atoms. The van der Waals surface area contributed by atoms with Gasteiger partial charge in [0.1, 0.15) is 0 Å². The molecule has 3 rings (SSSR count). The Bertz CT molecular complexity index is 770. The van der Waals surface area contributed by atoms with E-state index in [1.165, 1.54) is 0 Å². The first kappa shape index (κ1) is 16.9. The van der Waals surface area contributed by atoms with Gasteiger partial charge in [0.2, 0.25) is 17.8 Å². The van der Waals surface area contributed by atoms with Gasteiger partial charge in [0.25, 0.3) is 0 Å². The highest BCUT2D eigenvalue weighted by Crippen LogP contribution is 2.24. The van der Waals surface area contributed by atoms with E-state index < -0.39 is 5.91 Å². The minimum Gasteiger partial charge on any atom is -0.366 e. The van der Waals surface area contributed by atoms with E-state index in [-0.39, 0.29) is 11.8 Å². The van der Waals surface area contributed by atoms with Crippen molar-refractivity contribution in [3.05, 3.63) is 47.8 Å². The number of rotatable bonds is 4. The van der Waals surface area contributed by atoms with Crippen LogP contribution in [0.15, 0.2) is 36.7 Å². The van der Waals surface area contributed by atoms with Gasteiger partial charge in [0.15, 0.2) is 0 Å². The highest BCUT2D eigenvalue weighted by atomic mass is 16.2. The first-order valence-electron chi connectivity index (χ1n) is 8.28. The van der Waals surface area contributed by atoms with Crippen LogP contribution in [0.2, 0.25) is 0 Å². The lowest BCUT2D eigenvalue weighted by Gasteiger charge is -2.31. The molecular formula is C18H21N5O2. The Morgan fingerprint density at radius 1 is 1.16 bits per heavy atom.